The minimum Gasteiger partial charge on any atom is -0.383 e. The number of amides is 1. The van der Waals surface area contributed by atoms with Crippen molar-refractivity contribution >= 4 is 41.5 Å². The maximum absolute atomic E-state index is 11.8. The Kier molecular flexibility index (Phi) is 11.3. The third kappa shape index (κ3) is 7.52. The van der Waals surface area contributed by atoms with E-state index in [0.717, 1.165) is 31.6 Å². The molecule has 9 heteroatoms. The standard InChI is InChI=1S/C19H28N6O2.HI/c1-21-19(23-13-18(26)22-9-11-27-2)24-16-7-5-10-25(14-16)17-8-4-3-6-15(17)12-20;/h3-4,6,8,16H,5,7,9-11,13-14H2,1-2H3,(H,22,26)(H2,21,23,24);1H. The second-order valence-electron chi connectivity index (χ2n) is 6.33. The van der Waals surface area contributed by atoms with Crippen LogP contribution in [0.3, 0.4) is 0 Å². The molecule has 1 aromatic carbocycles. The summed E-state index contributed by atoms with van der Waals surface area (Å²) in [5, 5.41) is 18.5. The number of anilines is 1. The van der Waals surface area contributed by atoms with Crippen molar-refractivity contribution < 1.29 is 9.53 Å². The number of benzene rings is 1. The summed E-state index contributed by atoms with van der Waals surface area (Å²) >= 11 is 0. The minimum absolute atomic E-state index is 0. The van der Waals surface area contributed by atoms with Crippen LogP contribution in [0.15, 0.2) is 29.3 Å². The molecule has 0 aromatic heterocycles. The lowest BCUT2D eigenvalue weighted by molar-refractivity contribution is -0.120. The Morgan fingerprint density at radius 3 is 2.89 bits per heavy atom. The Hall–Kier alpha value is -2.06. The first-order valence-corrected chi connectivity index (χ1v) is 9.14. The molecule has 0 aliphatic carbocycles. The SMILES string of the molecule is CN=C(NCC(=O)NCCOC)NC1CCCN(c2ccccc2C#N)C1.I. The Balaban J connectivity index is 0.00000392. The lowest BCUT2D eigenvalue weighted by Crippen LogP contribution is -2.52. The average Bonchev–Trinajstić information content (AvgIpc) is 2.71. The van der Waals surface area contributed by atoms with Crippen LogP contribution in [0.2, 0.25) is 0 Å². The van der Waals surface area contributed by atoms with E-state index in [1.54, 1.807) is 14.2 Å². The fourth-order valence-electron chi connectivity index (χ4n) is 3.06. The number of hydrogen-bond donors (Lipinski definition) is 3. The summed E-state index contributed by atoms with van der Waals surface area (Å²) in [5.74, 6) is 0.487. The summed E-state index contributed by atoms with van der Waals surface area (Å²) in [7, 11) is 3.28. The van der Waals surface area contributed by atoms with Crippen LogP contribution in [-0.2, 0) is 9.53 Å². The van der Waals surface area contributed by atoms with Gasteiger partial charge in [-0.1, -0.05) is 12.1 Å². The van der Waals surface area contributed by atoms with Crippen molar-refractivity contribution in [2.24, 2.45) is 4.99 Å². The molecule has 1 amide bonds. The van der Waals surface area contributed by atoms with Crippen LogP contribution in [0.1, 0.15) is 18.4 Å². The van der Waals surface area contributed by atoms with Gasteiger partial charge in [-0.05, 0) is 25.0 Å². The van der Waals surface area contributed by atoms with Gasteiger partial charge in [0.25, 0.3) is 0 Å². The molecule has 0 bridgehead atoms. The lowest BCUT2D eigenvalue weighted by Gasteiger charge is -2.35. The summed E-state index contributed by atoms with van der Waals surface area (Å²) in [6, 6.07) is 10.1. The van der Waals surface area contributed by atoms with E-state index in [9.17, 15) is 10.1 Å². The molecular formula is C19H29IN6O2. The number of nitrogens with one attached hydrogen (secondary N) is 3. The first-order valence-electron chi connectivity index (χ1n) is 9.14. The Bertz CT molecular complexity index is 691. The zero-order chi connectivity index (χ0) is 19.5. The van der Waals surface area contributed by atoms with Gasteiger partial charge < -0.3 is 25.6 Å². The van der Waals surface area contributed by atoms with Crippen molar-refractivity contribution in [3.05, 3.63) is 29.8 Å². The van der Waals surface area contributed by atoms with Gasteiger partial charge >= 0.3 is 0 Å². The predicted octanol–water partition coefficient (Wildman–Crippen LogP) is 1.07. The zero-order valence-corrected chi connectivity index (χ0v) is 18.7. The highest BCUT2D eigenvalue weighted by Gasteiger charge is 2.22. The molecule has 8 nitrogen and oxygen atoms in total. The quantitative estimate of drug-likeness (QED) is 0.224. The van der Waals surface area contributed by atoms with E-state index in [1.165, 1.54) is 0 Å². The van der Waals surface area contributed by atoms with Crippen molar-refractivity contribution in [2.45, 2.75) is 18.9 Å². The van der Waals surface area contributed by atoms with E-state index in [-0.39, 0.29) is 42.5 Å². The van der Waals surface area contributed by atoms with Gasteiger partial charge in [-0.25, -0.2) is 0 Å². The van der Waals surface area contributed by atoms with Crippen molar-refractivity contribution in [1.29, 1.82) is 5.26 Å². The maximum Gasteiger partial charge on any atom is 0.239 e. The average molecular weight is 500 g/mol. The Morgan fingerprint density at radius 2 is 2.18 bits per heavy atom. The summed E-state index contributed by atoms with van der Waals surface area (Å²) in [6.45, 7) is 2.82. The number of nitriles is 1. The molecule has 3 N–H and O–H groups in total. The number of methoxy groups -OCH3 is 1. The van der Waals surface area contributed by atoms with Crippen LogP contribution in [0.4, 0.5) is 5.69 Å². The minimum atomic E-state index is -0.108. The van der Waals surface area contributed by atoms with E-state index < -0.39 is 0 Å². The fraction of sp³-hybridized carbons (Fsp3) is 0.526. The molecule has 0 saturated carbocycles. The third-order valence-electron chi connectivity index (χ3n) is 4.40. The molecule has 154 valence electrons. The third-order valence-corrected chi connectivity index (χ3v) is 4.40. The molecule has 1 aliphatic heterocycles. The van der Waals surface area contributed by atoms with Gasteiger partial charge in [-0.15, -0.1) is 24.0 Å². The first-order chi connectivity index (χ1) is 13.2. The van der Waals surface area contributed by atoms with Crippen LogP contribution in [0.25, 0.3) is 0 Å². The number of carbonyl (C=O) groups excluding carboxylic acids is 1. The largest absolute Gasteiger partial charge is 0.383 e. The van der Waals surface area contributed by atoms with Gasteiger partial charge in [0.15, 0.2) is 5.96 Å². The number of guanidine groups is 1. The van der Waals surface area contributed by atoms with Gasteiger partial charge in [-0.2, -0.15) is 5.26 Å². The maximum atomic E-state index is 11.8. The molecule has 1 unspecified atom stereocenters. The highest BCUT2D eigenvalue weighted by Crippen LogP contribution is 2.23. The van der Waals surface area contributed by atoms with Gasteiger partial charge in [0.1, 0.15) is 6.07 Å². The highest BCUT2D eigenvalue weighted by atomic mass is 127. The smallest absolute Gasteiger partial charge is 0.239 e. The van der Waals surface area contributed by atoms with Gasteiger partial charge in [0.2, 0.25) is 5.91 Å². The van der Waals surface area contributed by atoms with Gasteiger partial charge in [0.05, 0.1) is 24.4 Å². The summed E-state index contributed by atoms with van der Waals surface area (Å²) < 4.78 is 4.91. The molecule has 1 aromatic rings. The summed E-state index contributed by atoms with van der Waals surface area (Å²) in [6.07, 6.45) is 2.03. The molecule has 2 rings (SSSR count). The number of carbonyl (C=O) groups is 1. The number of nitrogens with zero attached hydrogens (tertiary/aromatic N) is 3. The summed E-state index contributed by atoms with van der Waals surface area (Å²) in [4.78, 5) is 18.2. The molecule has 28 heavy (non-hydrogen) atoms. The first kappa shape index (κ1) is 24.0. The topological polar surface area (TPSA) is 102 Å². The number of para-hydroxylation sites is 1. The molecule has 1 fully saturated rings. The van der Waals surface area contributed by atoms with Crippen molar-refractivity contribution in [2.75, 3.05) is 51.8 Å². The number of ether oxygens (including phenoxy) is 1. The number of hydrogen-bond acceptors (Lipinski definition) is 5. The number of piperidine rings is 1. The van der Waals surface area contributed by atoms with E-state index in [0.29, 0.717) is 24.7 Å². The summed E-state index contributed by atoms with van der Waals surface area (Å²) in [5.41, 5.74) is 1.65. The van der Waals surface area contributed by atoms with Crippen molar-refractivity contribution in [3.63, 3.8) is 0 Å². The molecule has 1 heterocycles. The number of rotatable bonds is 7. The molecule has 0 radical (unpaired) electrons. The van der Waals surface area contributed by atoms with E-state index >= 15 is 0 Å². The highest BCUT2D eigenvalue weighted by molar-refractivity contribution is 14.0. The van der Waals surface area contributed by atoms with Crippen LogP contribution < -0.4 is 20.9 Å². The molecule has 1 atom stereocenters. The van der Waals surface area contributed by atoms with Crippen LogP contribution in [-0.4, -0.2) is 64.9 Å². The normalized spacial score (nSPS) is 16.5. The number of aliphatic imine (C=N–C) groups is 1. The van der Waals surface area contributed by atoms with E-state index in [1.807, 2.05) is 24.3 Å². The molecular weight excluding hydrogens is 471 g/mol. The number of halogens is 1. The second-order valence-corrected chi connectivity index (χ2v) is 6.33. The van der Waals surface area contributed by atoms with Crippen LogP contribution in [0.5, 0.6) is 0 Å². The van der Waals surface area contributed by atoms with Crippen LogP contribution in [0, 0.1) is 11.3 Å². The fourth-order valence-corrected chi connectivity index (χ4v) is 3.06. The second kappa shape index (κ2) is 13.2. The molecule has 1 saturated heterocycles. The molecule has 0 spiro atoms. The Labute approximate surface area is 183 Å². The van der Waals surface area contributed by atoms with Crippen LogP contribution >= 0.6 is 24.0 Å². The monoisotopic (exact) mass is 500 g/mol. The van der Waals surface area contributed by atoms with Crippen molar-refractivity contribution in [1.82, 2.24) is 16.0 Å². The molecule has 1 aliphatic rings. The Morgan fingerprint density at radius 1 is 1.39 bits per heavy atom. The zero-order valence-electron chi connectivity index (χ0n) is 16.4. The van der Waals surface area contributed by atoms with Gasteiger partial charge in [-0.3, -0.25) is 9.79 Å². The van der Waals surface area contributed by atoms with Gasteiger partial charge in [0, 0.05) is 39.8 Å². The lowest BCUT2D eigenvalue weighted by atomic mass is 10.0. The van der Waals surface area contributed by atoms with Crippen molar-refractivity contribution in [3.8, 4) is 6.07 Å². The predicted molar refractivity (Wildman–Crippen MR) is 121 cm³/mol. The van der Waals surface area contributed by atoms with E-state index in [4.69, 9.17) is 4.74 Å². The van der Waals surface area contributed by atoms with E-state index in [2.05, 4.69) is 31.9 Å².